The van der Waals surface area contributed by atoms with Crippen LogP contribution < -0.4 is 5.32 Å². The molecule has 0 aliphatic heterocycles. The highest BCUT2D eigenvalue weighted by Gasteiger charge is 2.15. The minimum atomic E-state index is -0.0120. The quantitative estimate of drug-likeness (QED) is 0.667. The van der Waals surface area contributed by atoms with E-state index in [1.54, 1.807) is 11.3 Å². The number of carbonyl (C=O) groups excluding carboxylic acids is 1. The number of nitrogens with zero attached hydrogens (tertiary/aromatic N) is 3. The number of nitrogens with one attached hydrogen (secondary N) is 1. The molecule has 0 spiro atoms. The smallest absolute Gasteiger partial charge is 0.230 e. The molecule has 0 radical (unpaired) electrons. The highest BCUT2D eigenvalue weighted by molar-refractivity contribution is 7.99. The van der Waals surface area contributed by atoms with Crippen LogP contribution in [0.5, 0.6) is 0 Å². The molecule has 1 aromatic carbocycles. The Morgan fingerprint density at radius 3 is 2.68 bits per heavy atom. The largest absolute Gasteiger partial charge is 0.348 e. The van der Waals surface area contributed by atoms with Crippen LogP contribution in [-0.2, 0) is 4.79 Å². The summed E-state index contributed by atoms with van der Waals surface area (Å²) < 4.78 is 1.97. The van der Waals surface area contributed by atoms with Crippen molar-refractivity contribution in [3.05, 3.63) is 58.0 Å². The highest BCUT2D eigenvalue weighted by Crippen LogP contribution is 2.23. The third kappa shape index (κ3) is 4.29. The average Bonchev–Trinajstić information content (AvgIpc) is 3.24. The molecule has 2 heterocycles. The summed E-state index contributed by atoms with van der Waals surface area (Å²) in [4.78, 5) is 13.4. The van der Waals surface area contributed by atoms with Crippen LogP contribution in [0.1, 0.15) is 29.2 Å². The predicted molar refractivity (Wildman–Crippen MR) is 102 cm³/mol. The molecular formula is C18H20N4OS2. The van der Waals surface area contributed by atoms with Gasteiger partial charge in [-0.3, -0.25) is 9.36 Å². The molecule has 1 N–H and O–H groups in total. The normalized spacial score (nSPS) is 12.1. The monoisotopic (exact) mass is 372 g/mol. The second kappa shape index (κ2) is 7.84. The van der Waals surface area contributed by atoms with E-state index in [1.165, 1.54) is 17.3 Å². The molecule has 25 heavy (non-hydrogen) atoms. The highest BCUT2D eigenvalue weighted by atomic mass is 32.2. The number of thiophene rings is 1. The van der Waals surface area contributed by atoms with Crippen LogP contribution in [0.25, 0.3) is 5.69 Å². The number of aromatic nitrogens is 3. The van der Waals surface area contributed by atoms with Crippen LogP contribution in [0.3, 0.4) is 0 Å². The van der Waals surface area contributed by atoms with Crippen molar-refractivity contribution in [1.82, 2.24) is 20.1 Å². The summed E-state index contributed by atoms with van der Waals surface area (Å²) in [6.07, 6.45) is 0. The fraction of sp³-hybridized carbons (Fsp3) is 0.278. The van der Waals surface area contributed by atoms with Gasteiger partial charge < -0.3 is 5.32 Å². The zero-order chi connectivity index (χ0) is 17.8. The molecule has 1 amide bonds. The van der Waals surface area contributed by atoms with Gasteiger partial charge in [-0.15, -0.1) is 21.5 Å². The molecule has 2 aromatic heterocycles. The minimum Gasteiger partial charge on any atom is -0.348 e. The number of hydrogen-bond donors (Lipinski definition) is 1. The summed E-state index contributed by atoms with van der Waals surface area (Å²) in [7, 11) is 0. The summed E-state index contributed by atoms with van der Waals surface area (Å²) in [5.74, 6) is 1.10. The van der Waals surface area contributed by atoms with Crippen molar-refractivity contribution in [2.45, 2.75) is 32.0 Å². The number of amides is 1. The van der Waals surface area contributed by atoms with E-state index in [4.69, 9.17) is 0 Å². The maximum atomic E-state index is 12.2. The van der Waals surface area contributed by atoms with Gasteiger partial charge in [-0.25, -0.2) is 0 Å². The van der Waals surface area contributed by atoms with E-state index in [-0.39, 0.29) is 11.9 Å². The molecule has 0 saturated heterocycles. The Balaban J connectivity index is 1.65. The zero-order valence-electron chi connectivity index (χ0n) is 14.4. The van der Waals surface area contributed by atoms with Gasteiger partial charge in [0.05, 0.1) is 11.8 Å². The van der Waals surface area contributed by atoms with E-state index in [2.05, 4.69) is 34.6 Å². The van der Waals surface area contributed by atoms with E-state index in [9.17, 15) is 4.79 Å². The first-order valence-corrected chi connectivity index (χ1v) is 9.85. The Bertz CT molecular complexity index is 841. The van der Waals surface area contributed by atoms with E-state index < -0.39 is 0 Å². The molecule has 130 valence electrons. The summed E-state index contributed by atoms with van der Waals surface area (Å²) in [6.45, 7) is 5.96. The van der Waals surface area contributed by atoms with Gasteiger partial charge in [0.1, 0.15) is 5.82 Å². The molecule has 0 aliphatic rings. The van der Waals surface area contributed by atoms with Gasteiger partial charge in [-0.05, 0) is 44.4 Å². The molecular weight excluding hydrogens is 352 g/mol. The number of carbonyl (C=O) groups is 1. The Morgan fingerprint density at radius 2 is 2.00 bits per heavy atom. The van der Waals surface area contributed by atoms with Gasteiger partial charge in [0, 0.05) is 10.6 Å². The zero-order valence-corrected chi connectivity index (χ0v) is 16.0. The molecule has 3 aromatic rings. The fourth-order valence-electron chi connectivity index (χ4n) is 2.45. The summed E-state index contributed by atoms with van der Waals surface area (Å²) in [5.41, 5.74) is 2.20. The predicted octanol–water partition coefficient (Wildman–Crippen LogP) is 3.92. The van der Waals surface area contributed by atoms with Crippen LogP contribution in [-0.4, -0.2) is 26.4 Å². The van der Waals surface area contributed by atoms with Crippen LogP contribution in [0.15, 0.2) is 46.9 Å². The van der Waals surface area contributed by atoms with Crippen molar-refractivity contribution in [3.8, 4) is 5.69 Å². The number of rotatable bonds is 6. The lowest BCUT2D eigenvalue weighted by Crippen LogP contribution is -2.27. The Hall–Kier alpha value is -2.12. The maximum absolute atomic E-state index is 12.2. The fourth-order valence-corrected chi connectivity index (χ4v) is 3.99. The van der Waals surface area contributed by atoms with Gasteiger partial charge in [-0.1, -0.05) is 35.5 Å². The second-order valence-corrected chi connectivity index (χ2v) is 7.72. The van der Waals surface area contributed by atoms with E-state index >= 15 is 0 Å². The van der Waals surface area contributed by atoms with Crippen molar-refractivity contribution >= 4 is 29.0 Å². The van der Waals surface area contributed by atoms with E-state index in [0.29, 0.717) is 5.75 Å². The lowest BCUT2D eigenvalue weighted by molar-refractivity contribution is -0.119. The summed E-state index contributed by atoms with van der Waals surface area (Å²) in [6, 6.07) is 12.2. The van der Waals surface area contributed by atoms with Gasteiger partial charge >= 0.3 is 0 Å². The lowest BCUT2D eigenvalue weighted by atomic mass is 10.2. The maximum Gasteiger partial charge on any atom is 0.230 e. The molecule has 5 nitrogen and oxygen atoms in total. The van der Waals surface area contributed by atoms with Crippen molar-refractivity contribution in [1.29, 1.82) is 0 Å². The van der Waals surface area contributed by atoms with Gasteiger partial charge in [0.25, 0.3) is 0 Å². The summed E-state index contributed by atoms with van der Waals surface area (Å²) >= 11 is 3.04. The molecule has 0 unspecified atom stereocenters. The van der Waals surface area contributed by atoms with Gasteiger partial charge in [0.15, 0.2) is 5.16 Å². The molecule has 7 heteroatoms. The summed E-state index contributed by atoms with van der Waals surface area (Å²) in [5, 5.41) is 14.1. The number of hydrogen-bond acceptors (Lipinski definition) is 5. The van der Waals surface area contributed by atoms with Crippen LogP contribution >= 0.6 is 23.1 Å². The second-order valence-electron chi connectivity index (χ2n) is 5.79. The Kier molecular flexibility index (Phi) is 5.55. The third-order valence-electron chi connectivity index (χ3n) is 3.77. The molecule has 0 aliphatic carbocycles. The van der Waals surface area contributed by atoms with Crippen molar-refractivity contribution in [2.24, 2.45) is 0 Å². The Morgan fingerprint density at radius 1 is 1.24 bits per heavy atom. The number of aryl methyl sites for hydroxylation is 2. The minimum absolute atomic E-state index is 0.0120. The first kappa shape index (κ1) is 17.7. The first-order chi connectivity index (χ1) is 12.0. The molecule has 0 saturated carbocycles. The van der Waals surface area contributed by atoms with E-state index in [0.717, 1.165) is 21.5 Å². The number of thioether (sulfide) groups is 1. The molecule has 3 rings (SSSR count). The lowest BCUT2D eigenvalue weighted by Gasteiger charge is -2.12. The van der Waals surface area contributed by atoms with Crippen molar-refractivity contribution in [3.63, 3.8) is 0 Å². The Labute approximate surface area is 155 Å². The molecule has 1 atom stereocenters. The van der Waals surface area contributed by atoms with Crippen LogP contribution in [0.4, 0.5) is 0 Å². The standard InChI is InChI=1S/C18H20N4OS2/c1-12-6-8-15(9-7-12)22-14(3)20-21-18(22)25-11-17(23)19-13(2)16-5-4-10-24-16/h4-10,13H,11H2,1-3H3,(H,19,23)/t13-/m1/s1. The topological polar surface area (TPSA) is 59.8 Å². The molecule has 0 bridgehead atoms. The van der Waals surface area contributed by atoms with Gasteiger partial charge in [0.2, 0.25) is 5.91 Å². The third-order valence-corrected chi connectivity index (χ3v) is 5.75. The van der Waals surface area contributed by atoms with Crippen molar-refractivity contribution < 1.29 is 4.79 Å². The van der Waals surface area contributed by atoms with Crippen LogP contribution in [0.2, 0.25) is 0 Å². The first-order valence-electron chi connectivity index (χ1n) is 7.99. The van der Waals surface area contributed by atoms with Gasteiger partial charge in [-0.2, -0.15) is 0 Å². The van der Waals surface area contributed by atoms with E-state index in [1.807, 2.05) is 48.1 Å². The molecule has 0 fully saturated rings. The number of benzene rings is 1. The average molecular weight is 373 g/mol. The van der Waals surface area contributed by atoms with Crippen molar-refractivity contribution in [2.75, 3.05) is 5.75 Å². The van der Waals surface area contributed by atoms with Crippen LogP contribution in [0, 0.1) is 13.8 Å². The SMILES string of the molecule is Cc1ccc(-n2c(C)nnc2SCC(=O)N[C@H](C)c2cccs2)cc1.